The standard InChI is InChI=1S/C22H20F3N3O/c1-13-3-8-20(27-10-13)18-9-16(18)12-29-21-19(11-26-14(2)28-21)15-4-6-17(7-5-15)22(23,24)25/h3-8,10-11,16,18H,9,12H2,1-2H3/t16-,18+/m1/s1. The molecule has 1 aliphatic rings. The molecule has 1 fully saturated rings. The lowest BCUT2D eigenvalue weighted by Gasteiger charge is -2.12. The molecule has 2 aromatic heterocycles. The first-order valence-corrected chi connectivity index (χ1v) is 9.38. The second kappa shape index (κ2) is 7.46. The summed E-state index contributed by atoms with van der Waals surface area (Å²) in [5, 5.41) is 0. The number of hydrogen-bond acceptors (Lipinski definition) is 4. The van der Waals surface area contributed by atoms with Crippen molar-refractivity contribution in [3.05, 3.63) is 71.4 Å². The van der Waals surface area contributed by atoms with Gasteiger partial charge in [-0.1, -0.05) is 18.2 Å². The molecule has 7 heteroatoms. The number of pyridine rings is 1. The number of benzene rings is 1. The number of halogens is 3. The molecule has 0 N–H and O–H groups in total. The number of aryl methyl sites for hydroxylation is 2. The van der Waals surface area contributed by atoms with E-state index in [1.54, 1.807) is 13.1 Å². The van der Waals surface area contributed by atoms with Crippen LogP contribution >= 0.6 is 0 Å². The van der Waals surface area contributed by atoms with Gasteiger partial charge in [0.1, 0.15) is 5.82 Å². The lowest BCUT2D eigenvalue weighted by Crippen LogP contribution is -2.06. The van der Waals surface area contributed by atoms with Gasteiger partial charge in [0, 0.05) is 29.9 Å². The van der Waals surface area contributed by atoms with Gasteiger partial charge in [0.2, 0.25) is 5.88 Å². The Morgan fingerprint density at radius 3 is 2.41 bits per heavy atom. The fourth-order valence-electron chi connectivity index (χ4n) is 3.27. The maximum Gasteiger partial charge on any atom is 0.416 e. The van der Waals surface area contributed by atoms with Crippen molar-refractivity contribution in [1.29, 1.82) is 0 Å². The van der Waals surface area contributed by atoms with E-state index in [0.29, 0.717) is 41.3 Å². The van der Waals surface area contributed by atoms with Crippen LogP contribution in [0.1, 0.15) is 35.0 Å². The number of nitrogens with zero attached hydrogens (tertiary/aromatic N) is 3. The first-order valence-electron chi connectivity index (χ1n) is 9.38. The highest BCUT2D eigenvalue weighted by Gasteiger charge is 2.40. The molecular formula is C22H20F3N3O. The molecule has 2 atom stereocenters. The molecule has 0 radical (unpaired) electrons. The van der Waals surface area contributed by atoms with Gasteiger partial charge in [0.05, 0.1) is 17.7 Å². The van der Waals surface area contributed by atoms with E-state index < -0.39 is 11.7 Å². The number of ether oxygens (including phenoxy) is 1. The average Bonchev–Trinajstić information content (AvgIpc) is 3.46. The second-order valence-electron chi connectivity index (χ2n) is 7.38. The molecule has 4 nitrogen and oxygen atoms in total. The van der Waals surface area contributed by atoms with Gasteiger partial charge in [0.25, 0.3) is 0 Å². The van der Waals surface area contributed by atoms with Crippen molar-refractivity contribution in [3.63, 3.8) is 0 Å². The predicted octanol–water partition coefficient (Wildman–Crippen LogP) is 5.36. The minimum absolute atomic E-state index is 0.348. The number of aromatic nitrogens is 3. The van der Waals surface area contributed by atoms with E-state index in [1.165, 1.54) is 12.1 Å². The van der Waals surface area contributed by atoms with Crippen LogP contribution in [0, 0.1) is 19.8 Å². The Balaban J connectivity index is 1.48. The van der Waals surface area contributed by atoms with Gasteiger partial charge in [-0.25, -0.2) is 4.98 Å². The van der Waals surface area contributed by atoms with Crippen molar-refractivity contribution in [3.8, 4) is 17.0 Å². The summed E-state index contributed by atoms with van der Waals surface area (Å²) in [7, 11) is 0. The Labute approximate surface area is 166 Å². The second-order valence-corrected chi connectivity index (χ2v) is 7.38. The zero-order valence-corrected chi connectivity index (χ0v) is 16.1. The van der Waals surface area contributed by atoms with Crippen LogP contribution in [-0.2, 0) is 6.18 Å². The predicted molar refractivity (Wildman–Crippen MR) is 103 cm³/mol. The molecule has 4 rings (SSSR count). The third-order valence-electron chi connectivity index (χ3n) is 5.07. The van der Waals surface area contributed by atoms with E-state index in [4.69, 9.17) is 4.74 Å². The Hall–Kier alpha value is -2.96. The molecule has 150 valence electrons. The molecule has 0 amide bonds. The van der Waals surface area contributed by atoms with Crippen LogP contribution in [0.5, 0.6) is 5.88 Å². The quantitative estimate of drug-likeness (QED) is 0.580. The highest BCUT2D eigenvalue weighted by molar-refractivity contribution is 5.68. The maximum absolute atomic E-state index is 12.8. The van der Waals surface area contributed by atoms with Crippen LogP contribution in [0.4, 0.5) is 13.2 Å². The minimum atomic E-state index is -4.37. The summed E-state index contributed by atoms with van der Waals surface area (Å²) in [4.78, 5) is 13.0. The molecule has 1 aromatic carbocycles. The van der Waals surface area contributed by atoms with Crippen molar-refractivity contribution in [2.45, 2.75) is 32.4 Å². The summed E-state index contributed by atoms with van der Waals surface area (Å²) < 4.78 is 44.4. The van der Waals surface area contributed by atoms with Crippen LogP contribution in [-0.4, -0.2) is 21.6 Å². The van der Waals surface area contributed by atoms with Crippen LogP contribution < -0.4 is 4.74 Å². The number of alkyl halides is 3. The zero-order chi connectivity index (χ0) is 20.6. The van der Waals surface area contributed by atoms with Crippen LogP contribution in [0.2, 0.25) is 0 Å². The Morgan fingerprint density at radius 1 is 1.00 bits per heavy atom. The summed E-state index contributed by atoms with van der Waals surface area (Å²) >= 11 is 0. The van der Waals surface area contributed by atoms with Crippen LogP contribution in [0.25, 0.3) is 11.1 Å². The summed E-state index contributed by atoms with van der Waals surface area (Å²) in [6.07, 6.45) is 0.0800. The van der Waals surface area contributed by atoms with Crippen LogP contribution in [0.15, 0.2) is 48.8 Å². The monoisotopic (exact) mass is 399 g/mol. The van der Waals surface area contributed by atoms with Gasteiger partial charge < -0.3 is 4.74 Å². The van der Waals surface area contributed by atoms with Gasteiger partial charge in [-0.15, -0.1) is 0 Å². The van der Waals surface area contributed by atoms with E-state index in [0.717, 1.165) is 29.8 Å². The lowest BCUT2D eigenvalue weighted by molar-refractivity contribution is -0.137. The minimum Gasteiger partial charge on any atom is -0.477 e. The molecule has 0 aliphatic heterocycles. The number of rotatable bonds is 5. The van der Waals surface area contributed by atoms with Crippen molar-refractivity contribution in [2.75, 3.05) is 6.61 Å². The summed E-state index contributed by atoms with van der Waals surface area (Å²) in [5.74, 6) is 1.65. The summed E-state index contributed by atoms with van der Waals surface area (Å²) in [5.41, 5.74) is 2.66. The molecule has 2 heterocycles. The summed E-state index contributed by atoms with van der Waals surface area (Å²) in [6, 6.07) is 9.04. The summed E-state index contributed by atoms with van der Waals surface area (Å²) in [6.45, 7) is 4.23. The molecule has 0 unspecified atom stereocenters. The molecular weight excluding hydrogens is 379 g/mol. The molecule has 0 spiro atoms. The molecule has 0 saturated heterocycles. The van der Waals surface area contributed by atoms with Crippen molar-refractivity contribution in [2.24, 2.45) is 5.92 Å². The molecule has 1 aliphatic carbocycles. The third-order valence-corrected chi connectivity index (χ3v) is 5.07. The first-order chi connectivity index (χ1) is 13.8. The molecule has 1 saturated carbocycles. The SMILES string of the molecule is Cc1ccc([C@H]2C[C@@H]2COc2nc(C)ncc2-c2ccc(C(F)(F)F)cc2)nc1. The van der Waals surface area contributed by atoms with Gasteiger partial charge in [0.15, 0.2) is 0 Å². The van der Waals surface area contributed by atoms with Gasteiger partial charge in [-0.3, -0.25) is 4.98 Å². The third kappa shape index (κ3) is 4.39. The maximum atomic E-state index is 12.8. The van der Waals surface area contributed by atoms with Crippen molar-refractivity contribution >= 4 is 0 Å². The Bertz CT molecular complexity index is 1000. The topological polar surface area (TPSA) is 47.9 Å². The van der Waals surface area contributed by atoms with Crippen LogP contribution in [0.3, 0.4) is 0 Å². The largest absolute Gasteiger partial charge is 0.477 e. The Kier molecular flexibility index (Phi) is 4.98. The zero-order valence-electron chi connectivity index (χ0n) is 16.1. The van der Waals surface area contributed by atoms with E-state index >= 15 is 0 Å². The Morgan fingerprint density at radius 2 is 1.76 bits per heavy atom. The van der Waals surface area contributed by atoms with Crippen molar-refractivity contribution < 1.29 is 17.9 Å². The van der Waals surface area contributed by atoms with E-state index in [9.17, 15) is 13.2 Å². The molecule has 0 bridgehead atoms. The van der Waals surface area contributed by atoms with Gasteiger partial charge in [-0.2, -0.15) is 18.2 Å². The molecule has 29 heavy (non-hydrogen) atoms. The lowest BCUT2D eigenvalue weighted by atomic mass is 10.1. The number of hydrogen-bond donors (Lipinski definition) is 0. The smallest absolute Gasteiger partial charge is 0.416 e. The van der Waals surface area contributed by atoms with Gasteiger partial charge in [-0.05, 0) is 49.6 Å². The van der Waals surface area contributed by atoms with E-state index in [1.807, 2.05) is 19.2 Å². The van der Waals surface area contributed by atoms with E-state index in [2.05, 4.69) is 21.0 Å². The molecule has 3 aromatic rings. The average molecular weight is 399 g/mol. The normalized spacial score (nSPS) is 18.5. The first kappa shape index (κ1) is 19.4. The fourth-order valence-corrected chi connectivity index (χ4v) is 3.27. The highest BCUT2D eigenvalue weighted by atomic mass is 19.4. The highest BCUT2D eigenvalue weighted by Crippen LogP contribution is 2.47. The fraction of sp³-hybridized carbons (Fsp3) is 0.318. The van der Waals surface area contributed by atoms with Gasteiger partial charge >= 0.3 is 6.18 Å². The van der Waals surface area contributed by atoms with Crippen molar-refractivity contribution in [1.82, 2.24) is 15.0 Å². The van der Waals surface area contributed by atoms with E-state index in [-0.39, 0.29) is 0 Å².